The van der Waals surface area contributed by atoms with Crippen LogP contribution in [-0.2, 0) is 0 Å². The lowest BCUT2D eigenvalue weighted by Crippen LogP contribution is -2.11. The number of rotatable bonds is 0. The van der Waals surface area contributed by atoms with E-state index in [2.05, 4.69) is 147 Å². The molecule has 0 aliphatic carbocycles. The van der Waals surface area contributed by atoms with Crippen LogP contribution in [0.1, 0.15) is 22.8 Å². The number of aromatic nitrogens is 4. The van der Waals surface area contributed by atoms with Crippen LogP contribution >= 0.6 is 0 Å². The predicted octanol–water partition coefficient (Wildman–Crippen LogP) is 6.41. The highest BCUT2D eigenvalue weighted by atomic mass is 14.8. The largest absolute Gasteiger partial charge is 0.368 e. The highest BCUT2D eigenvalue weighted by Gasteiger charge is 2.12. The zero-order chi connectivity index (χ0) is 31.2. The van der Waals surface area contributed by atoms with Gasteiger partial charge >= 0.3 is 0 Å². The fourth-order valence-corrected chi connectivity index (χ4v) is 6.82. The van der Waals surface area contributed by atoms with Crippen LogP contribution in [-0.4, -0.2) is 19.9 Å². The smallest absolute Gasteiger partial charge is 0.0485 e. The maximum absolute atomic E-state index is 3.75. The molecule has 0 spiro atoms. The topological polar surface area (TPSA) is 75.2 Å². The molecule has 2 aliphatic rings. The molecule has 224 valence electrons. The maximum atomic E-state index is 3.75. The molecule has 0 amide bonds. The summed E-state index contributed by atoms with van der Waals surface area (Å²) in [5.74, 6) is 0. The minimum atomic E-state index is 1.09. The van der Waals surface area contributed by atoms with E-state index in [1.165, 1.54) is 43.1 Å². The fraction of sp³-hybridized carbons (Fsp3) is 0. The van der Waals surface area contributed by atoms with Crippen molar-refractivity contribution in [1.82, 2.24) is 25.3 Å². The summed E-state index contributed by atoms with van der Waals surface area (Å²) in [6.07, 6.45) is 20.6. The van der Waals surface area contributed by atoms with Crippen molar-refractivity contribution >= 4 is 67.4 Å². The van der Waals surface area contributed by atoms with E-state index in [9.17, 15) is 0 Å². The summed E-state index contributed by atoms with van der Waals surface area (Å²) >= 11 is 0. The molecule has 0 atom stereocenters. The molecule has 10 rings (SSSR count). The average Bonchev–Trinajstić information content (AvgIpc) is 3.76. The lowest BCUT2D eigenvalue weighted by atomic mass is 10.1. The van der Waals surface area contributed by atoms with Crippen molar-refractivity contribution in [2.75, 3.05) is 0 Å². The maximum Gasteiger partial charge on any atom is 0.0485 e. The summed E-state index contributed by atoms with van der Waals surface area (Å²) in [4.78, 5) is 15.0. The first-order valence-corrected chi connectivity index (χ1v) is 15.9. The molecular formula is C42H31N5. The summed E-state index contributed by atoms with van der Waals surface area (Å²) in [6, 6.07) is 34.4. The number of hydrogen-bond acceptors (Lipinski definition) is 1. The molecule has 0 fully saturated rings. The van der Waals surface area contributed by atoms with Gasteiger partial charge in [-0.05, 0) is 36.5 Å². The quantitative estimate of drug-likeness (QED) is 0.136. The number of hydrogen-bond donors (Lipinski definition) is 5. The first-order valence-electron chi connectivity index (χ1n) is 15.9. The molecule has 4 aromatic heterocycles. The van der Waals surface area contributed by atoms with Gasteiger partial charge in [-0.2, -0.15) is 0 Å². The van der Waals surface area contributed by atoms with Crippen LogP contribution in [0.2, 0.25) is 0 Å². The highest BCUT2D eigenvalue weighted by molar-refractivity contribution is 6.00. The van der Waals surface area contributed by atoms with Gasteiger partial charge in [-0.3, -0.25) is 0 Å². The van der Waals surface area contributed by atoms with Crippen molar-refractivity contribution in [1.29, 1.82) is 0 Å². The van der Waals surface area contributed by atoms with Crippen molar-refractivity contribution in [3.8, 4) is 0 Å². The molecule has 8 aromatic rings. The molecule has 0 radical (unpaired) electrons. The second kappa shape index (κ2) is 11.2. The molecule has 0 saturated carbocycles. The van der Waals surface area contributed by atoms with Gasteiger partial charge in [0.15, 0.2) is 0 Å². The summed E-state index contributed by atoms with van der Waals surface area (Å²) in [7, 11) is 0. The molecule has 5 nitrogen and oxygen atoms in total. The van der Waals surface area contributed by atoms with Crippen molar-refractivity contribution < 1.29 is 0 Å². The minimum absolute atomic E-state index is 1.09. The van der Waals surface area contributed by atoms with Gasteiger partial charge in [0.1, 0.15) is 0 Å². The Bertz CT molecular complexity index is 2470. The molecule has 4 aromatic carbocycles. The molecule has 0 unspecified atom stereocenters. The lowest BCUT2D eigenvalue weighted by Gasteiger charge is -1.92. The summed E-state index contributed by atoms with van der Waals surface area (Å²) in [5, 5.41) is 16.9. The van der Waals surface area contributed by atoms with Crippen LogP contribution in [0.3, 0.4) is 0 Å². The summed E-state index contributed by atoms with van der Waals surface area (Å²) in [6.45, 7) is 0. The average molecular weight is 606 g/mol. The normalized spacial score (nSPS) is 13.3. The van der Waals surface area contributed by atoms with E-state index in [4.69, 9.17) is 0 Å². The Hall–Kier alpha value is -6.46. The van der Waals surface area contributed by atoms with E-state index in [0.717, 1.165) is 44.2 Å². The van der Waals surface area contributed by atoms with Gasteiger partial charge in [-0.15, -0.1) is 0 Å². The van der Waals surface area contributed by atoms with Gasteiger partial charge in [-0.25, -0.2) is 0 Å². The second-order valence-corrected chi connectivity index (χ2v) is 11.8. The Kier molecular flexibility index (Phi) is 6.39. The standard InChI is InChI=1S/C36H24N4.C6H7N/c1-2-10-22-21(9-1)29-17-31-23-11-3-4-12-24(23)33(38-31)19-35-27-15-7-8-16-28(27)36(40-35)20-34-26-14-6-5-13-25(26)32(39-34)18-30(22)37-29;1-2-4-6-7-5-3-1/h1-20,37-40H;1-7H. The van der Waals surface area contributed by atoms with Crippen LogP contribution in [0.5, 0.6) is 0 Å². The van der Waals surface area contributed by atoms with E-state index in [0.29, 0.717) is 0 Å². The first-order chi connectivity index (χ1) is 23.3. The fourth-order valence-electron chi connectivity index (χ4n) is 6.82. The van der Waals surface area contributed by atoms with Gasteiger partial charge in [0, 0.05) is 99.7 Å². The molecule has 6 heterocycles. The Morgan fingerprint density at radius 2 is 0.553 bits per heavy atom. The van der Waals surface area contributed by atoms with Gasteiger partial charge < -0.3 is 25.3 Å². The van der Waals surface area contributed by atoms with Gasteiger partial charge in [-0.1, -0.05) is 109 Å². The monoisotopic (exact) mass is 605 g/mol. The van der Waals surface area contributed by atoms with Gasteiger partial charge in [0.05, 0.1) is 0 Å². The molecule has 5 heteroatoms. The second-order valence-electron chi connectivity index (χ2n) is 11.8. The van der Waals surface area contributed by atoms with Crippen molar-refractivity contribution in [2.45, 2.75) is 0 Å². The van der Waals surface area contributed by atoms with Gasteiger partial charge in [0.25, 0.3) is 0 Å². The van der Waals surface area contributed by atoms with E-state index in [1.54, 1.807) is 0 Å². The number of H-pyrrole nitrogens is 4. The Morgan fingerprint density at radius 1 is 0.277 bits per heavy atom. The van der Waals surface area contributed by atoms with E-state index in [1.807, 2.05) is 36.7 Å². The minimum Gasteiger partial charge on any atom is -0.368 e. The van der Waals surface area contributed by atoms with Crippen molar-refractivity contribution in [3.05, 3.63) is 178 Å². The molecule has 0 saturated heterocycles. The lowest BCUT2D eigenvalue weighted by molar-refractivity contribution is 1.20. The van der Waals surface area contributed by atoms with Crippen LogP contribution in [0.4, 0.5) is 0 Å². The van der Waals surface area contributed by atoms with Crippen LogP contribution in [0, 0.1) is 0 Å². The molecule has 5 N–H and O–H groups in total. The van der Waals surface area contributed by atoms with Crippen LogP contribution in [0.25, 0.3) is 67.4 Å². The summed E-state index contributed by atoms with van der Waals surface area (Å²) < 4.78 is 0. The first kappa shape index (κ1) is 26.9. The zero-order valence-corrected chi connectivity index (χ0v) is 25.5. The van der Waals surface area contributed by atoms with E-state index < -0.39 is 0 Å². The number of nitrogens with one attached hydrogen (secondary N) is 5. The third-order valence-corrected chi connectivity index (χ3v) is 8.98. The SMILES string of the molecule is C1=CC=CNC=C1.C1=c2[nH]c(c3ccccc23)=Cc2[nH]c(c3ccccc23)C=c2[nH]c(c3ccccc23)=Cc2[nH]c1c1ccccc21. The zero-order valence-electron chi connectivity index (χ0n) is 25.5. The van der Waals surface area contributed by atoms with Crippen molar-refractivity contribution in [3.63, 3.8) is 0 Å². The van der Waals surface area contributed by atoms with Crippen LogP contribution in [0.15, 0.2) is 134 Å². The highest BCUT2D eigenvalue weighted by Crippen LogP contribution is 2.26. The van der Waals surface area contributed by atoms with Crippen molar-refractivity contribution in [2.24, 2.45) is 0 Å². The number of fused-ring (bicyclic) bond motifs is 20. The van der Waals surface area contributed by atoms with E-state index in [-0.39, 0.29) is 0 Å². The third kappa shape index (κ3) is 4.73. The molecule has 47 heavy (non-hydrogen) atoms. The Balaban J connectivity index is 0.000000387. The Morgan fingerprint density at radius 3 is 0.851 bits per heavy atom. The number of allylic oxidation sites excluding steroid dienone is 4. The molecule has 2 aliphatic heterocycles. The third-order valence-electron chi connectivity index (χ3n) is 8.98. The Labute approximate surface area is 270 Å². The molecular weight excluding hydrogens is 574 g/mol. The molecule has 8 bridgehead atoms. The predicted molar refractivity (Wildman–Crippen MR) is 197 cm³/mol. The van der Waals surface area contributed by atoms with Gasteiger partial charge in [0.2, 0.25) is 0 Å². The number of aromatic amines is 4. The van der Waals surface area contributed by atoms with Crippen LogP contribution < -0.4 is 26.7 Å². The summed E-state index contributed by atoms with van der Waals surface area (Å²) in [5.41, 5.74) is 4.34. The van der Waals surface area contributed by atoms with E-state index >= 15 is 0 Å². The number of benzene rings is 4.